The molecule has 0 N–H and O–H groups in total. The van der Waals surface area contributed by atoms with Gasteiger partial charge in [-0.25, -0.2) is 9.37 Å². The number of ether oxygens (including phenoxy) is 2. The summed E-state index contributed by atoms with van der Waals surface area (Å²) in [6, 6.07) is 17.4. The predicted molar refractivity (Wildman–Crippen MR) is 157 cm³/mol. The molecule has 12 heteroatoms. The van der Waals surface area contributed by atoms with Crippen molar-refractivity contribution in [3.8, 4) is 11.5 Å². The Morgan fingerprint density at radius 2 is 1.68 bits per heavy atom. The Kier molecular flexibility index (Phi) is 8.83. The summed E-state index contributed by atoms with van der Waals surface area (Å²) in [5.74, 6) is 0.943. The van der Waals surface area contributed by atoms with Gasteiger partial charge in [0.05, 0.1) is 12.1 Å². The topological polar surface area (TPSA) is 58.1 Å². The number of piperazine rings is 1. The molecule has 3 aromatic carbocycles. The van der Waals surface area contributed by atoms with Crippen LogP contribution in [0, 0.1) is 5.82 Å². The highest BCUT2D eigenvalue weighted by atomic mass is 32.1. The first-order valence-corrected chi connectivity index (χ1v) is 15.1. The lowest BCUT2D eigenvalue weighted by Crippen LogP contribution is -2.48. The maximum atomic E-state index is 14.5. The highest BCUT2D eigenvalue weighted by Crippen LogP contribution is 2.33. The van der Waals surface area contributed by atoms with E-state index in [4.69, 9.17) is 9.47 Å². The molecule has 1 fully saturated rings. The van der Waals surface area contributed by atoms with Crippen LogP contribution in [0.15, 0.2) is 72.1 Å². The molecule has 0 saturated carbocycles. The average molecular weight is 627 g/mol. The summed E-state index contributed by atoms with van der Waals surface area (Å²) < 4.78 is 65.4. The molecule has 3 heterocycles. The second-order valence-electron chi connectivity index (χ2n) is 10.8. The number of hydrogen-bond acceptors (Lipinski definition) is 7. The fourth-order valence-electron chi connectivity index (χ4n) is 5.38. The molecule has 6 rings (SSSR count). The molecule has 1 aromatic heterocycles. The SMILES string of the molecule is O=C(c1csc(CN(Cc2cccc(C(F)(F)F)c2)Cc2ccccc2F)n1)N1CCN(Cc2ccc3c(c2)OCO3)CC1. The lowest BCUT2D eigenvalue weighted by molar-refractivity contribution is -0.137. The van der Waals surface area contributed by atoms with E-state index in [-0.39, 0.29) is 32.3 Å². The summed E-state index contributed by atoms with van der Waals surface area (Å²) in [6.07, 6.45) is -4.46. The molecule has 0 aliphatic carbocycles. The molecule has 2 aliphatic rings. The summed E-state index contributed by atoms with van der Waals surface area (Å²) in [5.41, 5.74) is 1.58. The number of carbonyl (C=O) groups excluding carboxylic acids is 1. The molecular weight excluding hydrogens is 596 g/mol. The number of halogens is 4. The van der Waals surface area contributed by atoms with Gasteiger partial charge in [0.2, 0.25) is 6.79 Å². The molecule has 2 aliphatic heterocycles. The Morgan fingerprint density at radius 1 is 0.886 bits per heavy atom. The van der Waals surface area contributed by atoms with Gasteiger partial charge in [0, 0.05) is 56.8 Å². The molecule has 230 valence electrons. The van der Waals surface area contributed by atoms with Gasteiger partial charge in [-0.3, -0.25) is 14.6 Å². The van der Waals surface area contributed by atoms with Crippen molar-refractivity contribution in [2.45, 2.75) is 32.4 Å². The molecule has 4 aromatic rings. The number of carbonyl (C=O) groups is 1. The van der Waals surface area contributed by atoms with Crippen LogP contribution >= 0.6 is 11.3 Å². The van der Waals surface area contributed by atoms with Crippen LogP contribution in [0.4, 0.5) is 17.6 Å². The monoisotopic (exact) mass is 626 g/mol. The number of thiazole rings is 1. The fourth-order valence-corrected chi connectivity index (χ4v) is 6.19. The zero-order chi connectivity index (χ0) is 30.7. The summed E-state index contributed by atoms with van der Waals surface area (Å²) >= 11 is 1.31. The molecule has 1 saturated heterocycles. The third kappa shape index (κ3) is 7.20. The van der Waals surface area contributed by atoms with Crippen molar-refractivity contribution in [1.82, 2.24) is 19.7 Å². The van der Waals surface area contributed by atoms with Gasteiger partial charge in [-0.05, 0) is 35.4 Å². The molecule has 7 nitrogen and oxygen atoms in total. The van der Waals surface area contributed by atoms with Crippen LogP contribution in [0.2, 0.25) is 0 Å². The van der Waals surface area contributed by atoms with Gasteiger partial charge in [0.25, 0.3) is 5.91 Å². The molecule has 0 unspecified atom stereocenters. The first-order valence-electron chi connectivity index (χ1n) is 14.2. The van der Waals surface area contributed by atoms with E-state index in [1.54, 1.807) is 34.5 Å². The standard InChI is InChI=1S/C32H30F4N4O3S/c33-26-7-2-1-5-24(26)18-39(17-22-4-3-6-25(14-22)32(34,35)36)19-30-37-27(20-44-30)31(41)40-12-10-38(11-13-40)16-23-8-9-28-29(15-23)43-21-42-28/h1-9,14-15,20H,10-13,16-19,21H2. The molecule has 0 bridgehead atoms. The first-order chi connectivity index (χ1) is 21.2. The van der Waals surface area contributed by atoms with Crippen LogP contribution in [0.1, 0.15) is 37.7 Å². The normalized spacial score (nSPS) is 15.2. The quantitative estimate of drug-likeness (QED) is 0.207. The minimum Gasteiger partial charge on any atom is -0.454 e. The van der Waals surface area contributed by atoms with E-state index in [9.17, 15) is 22.4 Å². The third-order valence-corrected chi connectivity index (χ3v) is 8.48. The van der Waals surface area contributed by atoms with E-state index < -0.39 is 17.6 Å². The molecule has 44 heavy (non-hydrogen) atoms. The summed E-state index contributed by atoms with van der Waals surface area (Å²) in [4.78, 5) is 23.8. The molecule has 1 amide bonds. The largest absolute Gasteiger partial charge is 0.454 e. The van der Waals surface area contributed by atoms with Gasteiger partial charge in [-0.2, -0.15) is 13.2 Å². The number of amides is 1. The summed E-state index contributed by atoms with van der Waals surface area (Å²) in [5, 5.41) is 2.33. The number of nitrogens with zero attached hydrogens (tertiary/aromatic N) is 4. The smallest absolute Gasteiger partial charge is 0.416 e. The molecule has 0 radical (unpaired) electrons. The predicted octanol–water partition coefficient (Wildman–Crippen LogP) is 6.19. The lowest BCUT2D eigenvalue weighted by atomic mass is 10.1. The Balaban J connectivity index is 1.09. The van der Waals surface area contributed by atoms with Crippen LogP contribution < -0.4 is 9.47 Å². The number of benzene rings is 3. The van der Waals surface area contributed by atoms with E-state index in [2.05, 4.69) is 9.88 Å². The Labute approximate surface area is 256 Å². The van der Waals surface area contributed by atoms with Gasteiger partial charge in [-0.1, -0.05) is 42.5 Å². The molecule has 0 spiro atoms. The first kappa shape index (κ1) is 30.0. The zero-order valence-electron chi connectivity index (χ0n) is 23.7. The van der Waals surface area contributed by atoms with Crippen molar-refractivity contribution in [3.05, 3.63) is 111 Å². The van der Waals surface area contributed by atoms with Gasteiger partial charge in [-0.15, -0.1) is 11.3 Å². The number of hydrogen-bond donors (Lipinski definition) is 0. The number of fused-ring (bicyclic) bond motifs is 1. The van der Waals surface area contributed by atoms with Crippen molar-refractivity contribution in [1.29, 1.82) is 0 Å². The van der Waals surface area contributed by atoms with E-state index in [0.29, 0.717) is 48.0 Å². The number of rotatable bonds is 9. The van der Waals surface area contributed by atoms with Gasteiger partial charge < -0.3 is 14.4 Å². The van der Waals surface area contributed by atoms with Gasteiger partial charge in [0.1, 0.15) is 16.5 Å². The van der Waals surface area contributed by atoms with Gasteiger partial charge in [0.15, 0.2) is 11.5 Å². The molecular formula is C32H30F4N4O3S. The van der Waals surface area contributed by atoms with Crippen LogP contribution in [0.5, 0.6) is 11.5 Å². The number of alkyl halides is 3. The highest BCUT2D eigenvalue weighted by molar-refractivity contribution is 7.09. The van der Waals surface area contributed by atoms with Crippen molar-refractivity contribution in [3.63, 3.8) is 0 Å². The fraction of sp³-hybridized carbons (Fsp3) is 0.312. The second-order valence-corrected chi connectivity index (χ2v) is 11.8. The molecule has 0 atom stereocenters. The van der Waals surface area contributed by atoms with Crippen molar-refractivity contribution >= 4 is 17.2 Å². The Bertz CT molecular complexity index is 1620. The maximum Gasteiger partial charge on any atom is 0.416 e. The van der Waals surface area contributed by atoms with E-state index >= 15 is 0 Å². The third-order valence-electron chi connectivity index (χ3n) is 7.64. The van der Waals surface area contributed by atoms with Crippen LogP contribution in [0.25, 0.3) is 0 Å². The van der Waals surface area contributed by atoms with Crippen molar-refractivity contribution in [2.24, 2.45) is 0 Å². The number of aromatic nitrogens is 1. The highest BCUT2D eigenvalue weighted by Gasteiger charge is 2.30. The van der Waals surface area contributed by atoms with Crippen LogP contribution in [0.3, 0.4) is 0 Å². The van der Waals surface area contributed by atoms with Crippen LogP contribution in [-0.4, -0.2) is 58.6 Å². The Hall–Kier alpha value is -4.00. The lowest BCUT2D eigenvalue weighted by Gasteiger charge is -2.34. The minimum atomic E-state index is -4.46. The minimum absolute atomic E-state index is 0.145. The van der Waals surface area contributed by atoms with Crippen LogP contribution in [-0.2, 0) is 32.4 Å². The van der Waals surface area contributed by atoms with E-state index in [0.717, 1.165) is 35.7 Å². The zero-order valence-corrected chi connectivity index (χ0v) is 24.5. The van der Waals surface area contributed by atoms with E-state index in [1.807, 2.05) is 23.1 Å². The van der Waals surface area contributed by atoms with Crippen molar-refractivity contribution in [2.75, 3.05) is 33.0 Å². The summed E-state index contributed by atoms with van der Waals surface area (Å²) in [6.45, 7) is 4.07. The summed E-state index contributed by atoms with van der Waals surface area (Å²) in [7, 11) is 0. The average Bonchev–Trinajstić information content (AvgIpc) is 3.68. The second kappa shape index (κ2) is 12.9. The van der Waals surface area contributed by atoms with Gasteiger partial charge >= 0.3 is 6.18 Å². The Morgan fingerprint density at radius 3 is 2.48 bits per heavy atom. The maximum absolute atomic E-state index is 14.5. The van der Waals surface area contributed by atoms with E-state index in [1.165, 1.54) is 23.5 Å². The van der Waals surface area contributed by atoms with Crippen molar-refractivity contribution < 1.29 is 31.8 Å².